The Morgan fingerprint density at radius 1 is 1.35 bits per heavy atom. The number of hydrogen-bond acceptors (Lipinski definition) is 4. The molecule has 6 heteroatoms. The van der Waals surface area contributed by atoms with Gasteiger partial charge in [-0.3, -0.25) is 4.79 Å². The van der Waals surface area contributed by atoms with E-state index < -0.39 is 0 Å². The number of carbonyl (C=O) groups excluding carboxylic acids is 1. The van der Waals surface area contributed by atoms with E-state index >= 15 is 0 Å². The van der Waals surface area contributed by atoms with Gasteiger partial charge in [0, 0.05) is 17.7 Å². The van der Waals surface area contributed by atoms with Crippen LogP contribution < -0.4 is 5.43 Å². The van der Waals surface area contributed by atoms with Gasteiger partial charge in [-0.2, -0.15) is 5.10 Å². The molecule has 20 heavy (non-hydrogen) atoms. The number of rotatable bonds is 5. The number of methoxy groups -OCH3 is 1. The fourth-order valence-corrected chi connectivity index (χ4v) is 1.65. The Bertz CT molecular complexity index is 605. The lowest BCUT2D eigenvalue weighted by atomic mass is 10.2. The van der Waals surface area contributed by atoms with E-state index in [1.54, 1.807) is 18.2 Å². The van der Waals surface area contributed by atoms with Crippen LogP contribution in [0.3, 0.4) is 0 Å². The molecule has 0 spiro atoms. The maximum absolute atomic E-state index is 11.1. The summed E-state index contributed by atoms with van der Waals surface area (Å²) in [6, 6.07) is 10.9. The Morgan fingerprint density at radius 3 is 2.80 bits per heavy atom. The lowest BCUT2D eigenvalue weighted by Crippen LogP contribution is -2.22. The summed E-state index contributed by atoms with van der Waals surface area (Å²) in [4.78, 5) is 11.1. The second kappa shape index (κ2) is 6.88. The monoisotopic (exact) mass is 292 g/mol. The molecular formula is C14H13ClN2O3. The third kappa shape index (κ3) is 3.94. The first kappa shape index (κ1) is 14.3. The molecular weight excluding hydrogens is 280 g/mol. The summed E-state index contributed by atoms with van der Waals surface area (Å²) in [5.41, 5.74) is 3.23. The lowest BCUT2D eigenvalue weighted by Gasteiger charge is -1.97. The maximum Gasteiger partial charge on any atom is 0.266 e. The molecule has 0 bridgehead atoms. The molecule has 0 unspecified atom stereocenters. The molecule has 0 saturated carbocycles. The van der Waals surface area contributed by atoms with Crippen molar-refractivity contribution in [2.45, 2.75) is 0 Å². The molecule has 1 N–H and O–H groups in total. The minimum absolute atomic E-state index is 0.0362. The van der Waals surface area contributed by atoms with Crippen molar-refractivity contribution in [3.63, 3.8) is 0 Å². The number of hydrogen-bond donors (Lipinski definition) is 1. The molecule has 0 saturated heterocycles. The van der Waals surface area contributed by atoms with Gasteiger partial charge in [-0.25, -0.2) is 5.43 Å². The number of nitrogens with zero attached hydrogens (tertiary/aromatic N) is 1. The highest BCUT2D eigenvalue weighted by Gasteiger charge is 2.03. The van der Waals surface area contributed by atoms with E-state index in [2.05, 4.69) is 15.3 Å². The van der Waals surface area contributed by atoms with Crippen molar-refractivity contribution in [3.8, 4) is 11.3 Å². The second-order valence-electron chi connectivity index (χ2n) is 3.94. The van der Waals surface area contributed by atoms with Crippen LogP contribution in [0.5, 0.6) is 0 Å². The van der Waals surface area contributed by atoms with E-state index in [-0.39, 0.29) is 12.5 Å². The van der Waals surface area contributed by atoms with E-state index in [1.165, 1.54) is 13.3 Å². The molecule has 104 valence electrons. The van der Waals surface area contributed by atoms with Crippen molar-refractivity contribution in [1.29, 1.82) is 0 Å². The number of halogens is 1. The average Bonchev–Trinajstić information content (AvgIpc) is 2.89. The van der Waals surface area contributed by atoms with Gasteiger partial charge in [0.25, 0.3) is 5.91 Å². The quantitative estimate of drug-likeness (QED) is 0.681. The van der Waals surface area contributed by atoms with Crippen molar-refractivity contribution < 1.29 is 13.9 Å². The molecule has 5 nitrogen and oxygen atoms in total. The van der Waals surface area contributed by atoms with Crippen molar-refractivity contribution >= 4 is 23.7 Å². The van der Waals surface area contributed by atoms with E-state index in [0.717, 1.165) is 5.56 Å². The van der Waals surface area contributed by atoms with E-state index in [9.17, 15) is 4.79 Å². The molecule has 2 rings (SSSR count). The molecule has 2 aromatic rings. The first-order valence-electron chi connectivity index (χ1n) is 5.85. The number of hydrazone groups is 1. The molecule has 1 heterocycles. The molecule has 0 radical (unpaired) electrons. The van der Waals surface area contributed by atoms with Gasteiger partial charge in [0.05, 0.1) is 6.21 Å². The normalized spacial score (nSPS) is 10.9. The zero-order chi connectivity index (χ0) is 14.4. The molecule has 0 aliphatic carbocycles. The zero-order valence-electron chi connectivity index (χ0n) is 10.8. The minimum Gasteiger partial charge on any atom is -0.455 e. The fraction of sp³-hybridized carbons (Fsp3) is 0.143. The van der Waals surface area contributed by atoms with E-state index in [1.807, 2.05) is 18.2 Å². The Balaban J connectivity index is 2.00. The summed E-state index contributed by atoms with van der Waals surface area (Å²) in [5.74, 6) is 0.909. The van der Waals surface area contributed by atoms with Crippen LogP contribution in [0, 0.1) is 0 Å². The maximum atomic E-state index is 11.1. The molecule has 1 amide bonds. The van der Waals surface area contributed by atoms with Gasteiger partial charge in [0.1, 0.15) is 18.1 Å². The van der Waals surface area contributed by atoms with Gasteiger partial charge in [-0.05, 0) is 36.4 Å². The molecule has 1 aromatic carbocycles. The van der Waals surface area contributed by atoms with E-state index in [4.69, 9.17) is 16.0 Å². The standard InChI is InChI=1S/C14H13ClN2O3/c1-19-9-14(18)17-16-8-12-6-7-13(20-12)10-2-4-11(15)5-3-10/h2-8H,9H2,1H3,(H,17,18). The molecule has 0 atom stereocenters. The third-order valence-electron chi connectivity index (χ3n) is 2.41. The summed E-state index contributed by atoms with van der Waals surface area (Å²) >= 11 is 5.83. The van der Waals surface area contributed by atoms with Crippen molar-refractivity contribution in [1.82, 2.24) is 5.43 Å². The molecule has 0 aliphatic heterocycles. The summed E-state index contributed by atoms with van der Waals surface area (Å²) in [6.45, 7) is -0.0362. The van der Waals surface area contributed by atoms with Crippen molar-refractivity contribution in [2.24, 2.45) is 5.10 Å². The Kier molecular flexibility index (Phi) is 4.92. The van der Waals surface area contributed by atoms with Crippen LogP contribution in [-0.2, 0) is 9.53 Å². The van der Waals surface area contributed by atoms with Crippen LogP contribution in [-0.4, -0.2) is 25.8 Å². The van der Waals surface area contributed by atoms with Gasteiger partial charge in [0.15, 0.2) is 0 Å². The highest BCUT2D eigenvalue weighted by atomic mass is 35.5. The molecule has 1 aromatic heterocycles. The summed E-state index contributed by atoms with van der Waals surface area (Å²) < 4.78 is 10.2. The first-order chi connectivity index (χ1) is 9.69. The van der Waals surface area contributed by atoms with Crippen LogP contribution in [0.4, 0.5) is 0 Å². The van der Waals surface area contributed by atoms with Crippen LogP contribution in [0.2, 0.25) is 5.02 Å². The van der Waals surface area contributed by atoms with Crippen LogP contribution >= 0.6 is 11.6 Å². The second-order valence-corrected chi connectivity index (χ2v) is 4.37. The summed E-state index contributed by atoms with van der Waals surface area (Å²) in [5, 5.41) is 4.43. The predicted octanol–water partition coefficient (Wildman–Crippen LogP) is 2.70. The van der Waals surface area contributed by atoms with Gasteiger partial charge in [-0.15, -0.1) is 0 Å². The first-order valence-corrected chi connectivity index (χ1v) is 6.23. The SMILES string of the molecule is COCC(=O)NN=Cc1ccc(-c2ccc(Cl)cc2)o1. The predicted molar refractivity (Wildman–Crippen MR) is 76.8 cm³/mol. The largest absolute Gasteiger partial charge is 0.455 e. The third-order valence-corrected chi connectivity index (χ3v) is 2.66. The van der Waals surface area contributed by atoms with Gasteiger partial charge >= 0.3 is 0 Å². The van der Waals surface area contributed by atoms with Crippen LogP contribution in [0.25, 0.3) is 11.3 Å². The number of nitrogens with one attached hydrogen (secondary N) is 1. The highest BCUT2D eigenvalue weighted by Crippen LogP contribution is 2.23. The Hall–Kier alpha value is -2.11. The number of amides is 1. The number of carbonyl (C=O) groups is 1. The summed E-state index contributed by atoms with van der Waals surface area (Å²) in [6.07, 6.45) is 1.42. The molecule has 0 aliphatic rings. The van der Waals surface area contributed by atoms with Crippen LogP contribution in [0.15, 0.2) is 45.9 Å². The Morgan fingerprint density at radius 2 is 2.10 bits per heavy atom. The van der Waals surface area contributed by atoms with E-state index in [0.29, 0.717) is 16.5 Å². The number of benzene rings is 1. The lowest BCUT2D eigenvalue weighted by molar-refractivity contribution is -0.124. The topological polar surface area (TPSA) is 63.8 Å². The van der Waals surface area contributed by atoms with Gasteiger partial charge in [0.2, 0.25) is 0 Å². The highest BCUT2D eigenvalue weighted by molar-refractivity contribution is 6.30. The summed E-state index contributed by atoms with van der Waals surface area (Å²) in [7, 11) is 1.44. The van der Waals surface area contributed by atoms with Gasteiger partial charge in [-0.1, -0.05) is 11.6 Å². The van der Waals surface area contributed by atoms with Crippen LogP contribution in [0.1, 0.15) is 5.76 Å². The molecule has 0 fully saturated rings. The number of ether oxygens (including phenoxy) is 1. The van der Waals surface area contributed by atoms with Crippen molar-refractivity contribution in [3.05, 3.63) is 47.2 Å². The van der Waals surface area contributed by atoms with Gasteiger partial charge < -0.3 is 9.15 Å². The fourth-order valence-electron chi connectivity index (χ4n) is 1.52. The average molecular weight is 293 g/mol. The van der Waals surface area contributed by atoms with Crippen molar-refractivity contribution in [2.75, 3.05) is 13.7 Å². The minimum atomic E-state index is -0.326. The zero-order valence-corrected chi connectivity index (χ0v) is 11.6. The Labute approximate surface area is 121 Å². The smallest absolute Gasteiger partial charge is 0.266 e. The number of furan rings is 1.